The van der Waals surface area contributed by atoms with Crippen molar-refractivity contribution < 1.29 is 18.7 Å². The number of thioether (sulfide) groups is 1. The monoisotopic (exact) mass is 375 g/mol. The molecule has 26 heavy (non-hydrogen) atoms. The first-order valence-corrected chi connectivity index (χ1v) is 9.48. The Morgan fingerprint density at radius 1 is 1.15 bits per heavy atom. The summed E-state index contributed by atoms with van der Waals surface area (Å²) in [7, 11) is 1.31. The smallest absolute Gasteiger partial charge is 0.328 e. The number of benzene rings is 1. The van der Waals surface area contributed by atoms with E-state index in [-0.39, 0.29) is 11.7 Å². The van der Waals surface area contributed by atoms with Crippen LogP contribution in [0.25, 0.3) is 0 Å². The van der Waals surface area contributed by atoms with E-state index in [0.29, 0.717) is 11.5 Å². The van der Waals surface area contributed by atoms with Crippen molar-refractivity contribution in [2.24, 2.45) is 5.92 Å². The van der Waals surface area contributed by atoms with Gasteiger partial charge in [0.2, 0.25) is 0 Å². The fourth-order valence-corrected chi connectivity index (χ4v) is 3.62. The molecule has 1 atom stereocenters. The highest BCUT2D eigenvalue weighted by Gasteiger charge is 2.26. The summed E-state index contributed by atoms with van der Waals surface area (Å²) in [6.45, 7) is 7.84. The lowest BCUT2D eigenvalue weighted by atomic mass is 10.0. The summed E-state index contributed by atoms with van der Waals surface area (Å²) >= 11 is 1.68. The van der Waals surface area contributed by atoms with Gasteiger partial charge in [0.25, 0.3) is 5.91 Å². The van der Waals surface area contributed by atoms with E-state index in [0.717, 1.165) is 0 Å². The van der Waals surface area contributed by atoms with E-state index in [4.69, 9.17) is 9.15 Å². The van der Waals surface area contributed by atoms with Crippen LogP contribution in [0.15, 0.2) is 39.6 Å². The van der Waals surface area contributed by atoms with E-state index >= 15 is 0 Å². The number of esters is 1. The maximum atomic E-state index is 12.4. The maximum Gasteiger partial charge on any atom is 0.328 e. The molecule has 0 saturated carbocycles. The predicted molar refractivity (Wildman–Crippen MR) is 102 cm³/mol. The third kappa shape index (κ3) is 4.91. The van der Waals surface area contributed by atoms with Crippen LogP contribution in [-0.4, -0.2) is 25.0 Å². The molecule has 140 valence electrons. The van der Waals surface area contributed by atoms with Crippen LogP contribution in [0.3, 0.4) is 0 Å². The Kier molecular flexibility index (Phi) is 6.91. The van der Waals surface area contributed by atoms with Gasteiger partial charge in [-0.25, -0.2) is 4.79 Å². The van der Waals surface area contributed by atoms with Gasteiger partial charge in [-0.15, -0.1) is 11.8 Å². The molecule has 0 saturated heterocycles. The molecule has 1 amide bonds. The van der Waals surface area contributed by atoms with Crippen LogP contribution in [0.1, 0.15) is 41.3 Å². The van der Waals surface area contributed by atoms with Gasteiger partial charge in [0, 0.05) is 4.90 Å². The normalized spacial score (nSPS) is 12.1. The molecule has 6 heteroatoms. The van der Waals surface area contributed by atoms with Gasteiger partial charge >= 0.3 is 5.97 Å². The van der Waals surface area contributed by atoms with Gasteiger partial charge in [0.1, 0.15) is 11.8 Å². The highest BCUT2D eigenvalue weighted by molar-refractivity contribution is 7.98. The second-order valence-electron chi connectivity index (χ2n) is 6.49. The molecular formula is C20H25NO4S. The minimum Gasteiger partial charge on any atom is -0.467 e. The zero-order chi connectivity index (χ0) is 19.3. The van der Waals surface area contributed by atoms with Crippen molar-refractivity contribution in [3.63, 3.8) is 0 Å². The molecular weight excluding hydrogens is 350 g/mol. The van der Waals surface area contributed by atoms with Crippen LogP contribution >= 0.6 is 11.8 Å². The summed E-state index contributed by atoms with van der Waals surface area (Å²) in [6.07, 6.45) is 0. The predicted octanol–water partition coefficient (Wildman–Crippen LogP) is 4.12. The number of amides is 1. The quantitative estimate of drug-likeness (QED) is 0.582. The minimum atomic E-state index is -0.704. The van der Waals surface area contributed by atoms with Crippen molar-refractivity contribution in [2.45, 2.75) is 44.4 Å². The number of methoxy groups -OCH3 is 1. The Morgan fingerprint density at radius 3 is 2.38 bits per heavy atom. The van der Waals surface area contributed by atoms with E-state index in [1.165, 1.54) is 23.1 Å². The molecule has 0 fully saturated rings. The average molecular weight is 375 g/mol. The number of nitrogens with one attached hydrogen (secondary N) is 1. The highest BCUT2D eigenvalue weighted by atomic mass is 32.2. The summed E-state index contributed by atoms with van der Waals surface area (Å²) in [5.74, 6) is 0.561. The van der Waals surface area contributed by atoms with Gasteiger partial charge < -0.3 is 14.5 Å². The molecule has 0 aliphatic heterocycles. The van der Waals surface area contributed by atoms with Gasteiger partial charge in [0.05, 0.1) is 12.9 Å². The van der Waals surface area contributed by atoms with Gasteiger partial charge in [-0.3, -0.25) is 4.79 Å². The standard InChI is InChI=1S/C20H25NO4S/c1-12(2)17(20(23)24-5)21-19(22)16-10-9-15(25-16)11-26-18-13(3)7-6-8-14(18)4/h6-10,12,17H,11H2,1-5H3,(H,21,22). The Morgan fingerprint density at radius 2 is 1.81 bits per heavy atom. The molecule has 1 aromatic heterocycles. The molecule has 0 radical (unpaired) electrons. The highest BCUT2D eigenvalue weighted by Crippen LogP contribution is 2.29. The van der Waals surface area contributed by atoms with Gasteiger partial charge in [-0.2, -0.15) is 0 Å². The van der Waals surface area contributed by atoms with Crippen molar-refractivity contribution in [3.05, 3.63) is 53.0 Å². The van der Waals surface area contributed by atoms with Gasteiger partial charge in [-0.05, 0) is 43.0 Å². The van der Waals surface area contributed by atoms with E-state index in [1.807, 2.05) is 19.9 Å². The molecule has 2 aromatic rings. The van der Waals surface area contributed by atoms with Crippen LogP contribution < -0.4 is 5.32 Å². The number of furan rings is 1. The fourth-order valence-electron chi connectivity index (χ4n) is 2.58. The molecule has 0 bridgehead atoms. The van der Waals surface area contributed by atoms with Crippen LogP contribution in [0.2, 0.25) is 0 Å². The Labute approximate surface area is 158 Å². The SMILES string of the molecule is COC(=O)C(NC(=O)c1ccc(CSc2c(C)cccc2C)o1)C(C)C. The summed E-state index contributed by atoms with van der Waals surface area (Å²) in [5, 5.41) is 2.67. The number of hydrogen-bond acceptors (Lipinski definition) is 5. The summed E-state index contributed by atoms with van der Waals surface area (Å²) in [6, 6.07) is 8.91. The molecule has 0 aliphatic carbocycles. The lowest BCUT2D eigenvalue weighted by molar-refractivity contribution is -0.144. The van der Waals surface area contributed by atoms with E-state index in [9.17, 15) is 9.59 Å². The molecule has 0 aliphatic rings. The van der Waals surface area contributed by atoms with Gasteiger partial charge in [0.15, 0.2) is 5.76 Å². The number of ether oxygens (including phenoxy) is 1. The molecule has 2 rings (SSSR count). The van der Waals surface area contributed by atoms with Crippen molar-refractivity contribution in [2.75, 3.05) is 7.11 Å². The first-order valence-electron chi connectivity index (χ1n) is 8.50. The lowest BCUT2D eigenvalue weighted by Crippen LogP contribution is -2.44. The third-order valence-corrected chi connectivity index (χ3v) is 5.42. The molecule has 5 nitrogen and oxygen atoms in total. The fraction of sp³-hybridized carbons (Fsp3) is 0.400. The van der Waals surface area contributed by atoms with Crippen LogP contribution in [0.4, 0.5) is 0 Å². The zero-order valence-corrected chi connectivity index (χ0v) is 16.6. The second-order valence-corrected chi connectivity index (χ2v) is 7.48. The minimum absolute atomic E-state index is 0.0829. The Hall–Kier alpha value is -2.21. The topological polar surface area (TPSA) is 68.5 Å². The maximum absolute atomic E-state index is 12.4. The lowest BCUT2D eigenvalue weighted by Gasteiger charge is -2.18. The largest absolute Gasteiger partial charge is 0.467 e. The molecule has 1 N–H and O–H groups in total. The average Bonchev–Trinajstić information content (AvgIpc) is 3.07. The van der Waals surface area contributed by atoms with Crippen LogP contribution in [0, 0.1) is 19.8 Å². The first kappa shape index (κ1) is 20.1. The van der Waals surface area contributed by atoms with Crippen molar-refractivity contribution in [1.29, 1.82) is 0 Å². The summed E-state index contributed by atoms with van der Waals surface area (Å²) in [4.78, 5) is 25.4. The summed E-state index contributed by atoms with van der Waals surface area (Å²) in [5.41, 5.74) is 2.44. The summed E-state index contributed by atoms with van der Waals surface area (Å²) < 4.78 is 10.4. The first-order chi connectivity index (χ1) is 12.3. The number of carbonyl (C=O) groups is 2. The molecule has 1 unspecified atom stereocenters. The molecule has 0 spiro atoms. The number of hydrogen-bond donors (Lipinski definition) is 1. The van der Waals surface area contributed by atoms with Crippen LogP contribution in [-0.2, 0) is 15.3 Å². The van der Waals surface area contributed by atoms with Crippen molar-refractivity contribution in [1.82, 2.24) is 5.32 Å². The second kappa shape index (κ2) is 8.94. The molecule has 1 heterocycles. The van der Waals surface area contributed by atoms with E-state index in [2.05, 4.69) is 31.3 Å². The number of aryl methyl sites for hydroxylation is 2. The van der Waals surface area contributed by atoms with Crippen molar-refractivity contribution >= 4 is 23.6 Å². The van der Waals surface area contributed by atoms with Gasteiger partial charge in [-0.1, -0.05) is 32.0 Å². The molecule has 1 aromatic carbocycles. The zero-order valence-electron chi connectivity index (χ0n) is 15.8. The Bertz CT molecular complexity index is 762. The van der Waals surface area contributed by atoms with E-state index < -0.39 is 17.9 Å². The number of rotatable bonds is 7. The third-order valence-electron chi connectivity index (χ3n) is 4.06. The number of carbonyl (C=O) groups excluding carboxylic acids is 2. The van der Waals surface area contributed by atoms with Crippen LogP contribution in [0.5, 0.6) is 0 Å². The Balaban J connectivity index is 2.02. The van der Waals surface area contributed by atoms with Crippen molar-refractivity contribution in [3.8, 4) is 0 Å². The van der Waals surface area contributed by atoms with E-state index in [1.54, 1.807) is 23.9 Å².